The second kappa shape index (κ2) is 7.34. The Bertz CT molecular complexity index is 845. The van der Waals surface area contributed by atoms with Crippen molar-refractivity contribution in [2.75, 3.05) is 0 Å². The highest BCUT2D eigenvalue weighted by molar-refractivity contribution is 5.87. The molecule has 1 aromatic carbocycles. The van der Waals surface area contributed by atoms with E-state index in [0.717, 1.165) is 12.8 Å². The van der Waals surface area contributed by atoms with Gasteiger partial charge in [0.1, 0.15) is 11.6 Å². The summed E-state index contributed by atoms with van der Waals surface area (Å²) in [7, 11) is 0. The molecule has 0 spiro atoms. The minimum atomic E-state index is -1.26. The monoisotopic (exact) mass is 343 g/mol. The van der Waals surface area contributed by atoms with Crippen molar-refractivity contribution in [2.24, 2.45) is 5.92 Å². The Morgan fingerprint density at radius 3 is 2.84 bits per heavy atom. The SMILES string of the molecule is Cc1c(F)cc(Oc2nn[nH]c2C(=O)O)cc1C#CC1CCCCC1. The fourth-order valence-electron chi connectivity index (χ4n) is 2.81. The first-order valence-corrected chi connectivity index (χ1v) is 8.18. The molecule has 0 radical (unpaired) electrons. The van der Waals surface area contributed by atoms with E-state index < -0.39 is 11.8 Å². The number of carboxylic acids is 1. The summed E-state index contributed by atoms with van der Waals surface area (Å²) >= 11 is 0. The number of rotatable bonds is 3. The number of nitrogens with one attached hydrogen (secondary N) is 1. The predicted octanol–water partition coefficient (Wildman–Crippen LogP) is 3.67. The molecule has 1 aromatic heterocycles. The van der Waals surface area contributed by atoms with Crippen molar-refractivity contribution >= 4 is 5.97 Å². The summed E-state index contributed by atoms with van der Waals surface area (Å²) in [5.41, 5.74) is 0.672. The van der Waals surface area contributed by atoms with Gasteiger partial charge in [0.25, 0.3) is 5.88 Å². The van der Waals surface area contributed by atoms with Gasteiger partial charge < -0.3 is 9.84 Å². The third-order valence-corrected chi connectivity index (χ3v) is 4.28. The van der Waals surface area contributed by atoms with Gasteiger partial charge in [-0.3, -0.25) is 0 Å². The van der Waals surface area contributed by atoms with E-state index >= 15 is 0 Å². The lowest BCUT2D eigenvalue weighted by molar-refractivity contribution is 0.0687. The molecule has 25 heavy (non-hydrogen) atoms. The molecule has 0 aliphatic heterocycles. The fraction of sp³-hybridized carbons (Fsp3) is 0.389. The Balaban J connectivity index is 1.86. The van der Waals surface area contributed by atoms with Gasteiger partial charge in [0.2, 0.25) is 5.69 Å². The lowest BCUT2D eigenvalue weighted by atomic mass is 9.89. The summed E-state index contributed by atoms with van der Waals surface area (Å²) in [6.07, 6.45) is 5.76. The Morgan fingerprint density at radius 2 is 2.12 bits per heavy atom. The molecule has 1 aliphatic rings. The predicted molar refractivity (Wildman–Crippen MR) is 88.0 cm³/mol. The summed E-state index contributed by atoms with van der Waals surface area (Å²) in [4.78, 5) is 11.1. The zero-order valence-corrected chi connectivity index (χ0v) is 13.8. The number of hydrogen-bond donors (Lipinski definition) is 2. The normalized spacial score (nSPS) is 14.6. The van der Waals surface area contributed by atoms with Crippen molar-refractivity contribution in [3.8, 4) is 23.5 Å². The van der Waals surface area contributed by atoms with Crippen molar-refractivity contribution in [2.45, 2.75) is 39.0 Å². The maximum atomic E-state index is 14.2. The fourth-order valence-corrected chi connectivity index (χ4v) is 2.81. The number of carboxylic acid groups (broad SMARTS) is 1. The minimum absolute atomic E-state index is 0.132. The van der Waals surface area contributed by atoms with Crippen LogP contribution in [0.4, 0.5) is 4.39 Å². The molecule has 3 rings (SSSR count). The molecular formula is C18H18FN3O3. The number of ether oxygens (including phenoxy) is 1. The molecule has 0 saturated heterocycles. The van der Waals surface area contributed by atoms with Gasteiger partial charge in [0.15, 0.2) is 0 Å². The molecule has 0 unspecified atom stereocenters. The van der Waals surface area contributed by atoms with E-state index in [4.69, 9.17) is 9.84 Å². The van der Waals surface area contributed by atoms with Crippen LogP contribution in [0.3, 0.4) is 0 Å². The van der Waals surface area contributed by atoms with Gasteiger partial charge in [-0.25, -0.2) is 14.3 Å². The lowest BCUT2D eigenvalue weighted by Crippen LogP contribution is -2.03. The average Bonchev–Trinajstić information content (AvgIpc) is 3.06. The number of halogens is 1. The van der Waals surface area contributed by atoms with Gasteiger partial charge in [-0.15, -0.1) is 0 Å². The van der Waals surface area contributed by atoms with Crippen LogP contribution >= 0.6 is 0 Å². The van der Waals surface area contributed by atoms with Gasteiger partial charge in [0, 0.05) is 23.1 Å². The zero-order chi connectivity index (χ0) is 17.8. The van der Waals surface area contributed by atoms with E-state index in [-0.39, 0.29) is 17.3 Å². The summed E-state index contributed by atoms with van der Waals surface area (Å²) < 4.78 is 19.6. The van der Waals surface area contributed by atoms with Gasteiger partial charge in [-0.05, 0) is 25.8 Å². The van der Waals surface area contributed by atoms with Crippen LogP contribution in [0.5, 0.6) is 11.6 Å². The van der Waals surface area contributed by atoms with E-state index in [1.54, 1.807) is 13.0 Å². The number of nitrogens with zero attached hydrogens (tertiary/aromatic N) is 2. The summed E-state index contributed by atoms with van der Waals surface area (Å²) in [6.45, 7) is 1.66. The first-order valence-electron chi connectivity index (χ1n) is 8.18. The van der Waals surface area contributed by atoms with Crippen LogP contribution in [0.1, 0.15) is 53.7 Å². The van der Waals surface area contributed by atoms with Crippen molar-refractivity contribution in [1.82, 2.24) is 15.4 Å². The number of aromatic carboxylic acids is 1. The second-order valence-corrected chi connectivity index (χ2v) is 6.08. The highest BCUT2D eigenvalue weighted by Gasteiger charge is 2.18. The lowest BCUT2D eigenvalue weighted by Gasteiger charge is -2.15. The van der Waals surface area contributed by atoms with Crippen LogP contribution in [0.25, 0.3) is 0 Å². The summed E-state index contributed by atoms with van der Waals surface area (Å²) in [6, 6.07) is 2.77. The molecule has 6 nitrogen and oxygen atoms in total. The molecule has 130 valence electrons. The first-order chi connectivity index (χ1) is 12.0. The van der Waals surface area contributed by atoms with Crippen molar-refractivity contribution < 1.29 is 19.0 Å². The van der Waals surface area contributed by atoms with Gasteiger partial charge >= 0.3 is 5.97 Å². The molecule has 2 N–H and O–H groups in total. The van der Waals surface area contributed by atoms with Gasteiger partial charge in [-0.1, -0.05) is 41.4 Å². The zero-order valence-electron chi connectivity index (χ0n) is 13.8. The Morgan fingerprint density at radius 1 is 1.36 bits per heavy atom. The van der Waals surface area contributed by atoms with Crippen molar-refractivity contribution in [3.63, 3.8) is 0 Å². The molecule has 0 bridgehead atoms. The molecule has 7 heteroatoms. The van der Waals surface area contributed by atoms with Crippen LogP contribution in [0.2, 0.25) is 0 Å². The largest absolute Gasteiger partial charge is 0.476 e. The van der Waals surface area contributed by atoms with E-state index in [1.165, 1.54) is 25.3 Å². The van der Waals surface area contributed by atoms with Gasteiger partial charge in [-0.2, -0.15) is 0 Å². The van der Waals surface area contributed by atoms with Gasteiger partial charge in [0.05, 0.1) is 0 Å². The van der Waals surface area contributed by atoms with Crippen LogP contribution in [-0.2, 0) is 0 Å². The Kier molecular flexibility index (Phi) is 4.98. The van der Waals surface area contributed by atoms with E-state index in [0.29, 0.717) is 17.0 Å². The number of hydrogen-bond acceptors (Lipinski definition) is 4. The summed E-state index contributed by atoms with van der Waals surface area (Å²) in [5.74, 6) is 4.80. The maximum Gasteiger partial charge on any atom is 0.359 e. The van der Waals surface area contributed by atoms with Crippen molar-refractivity contribution in [3.05, 3.63) is 34.8 Å². The smallest absolute Gasteiger partial charge is 0.359 e. The standard InChI is InChI=1S/C18H18FN3O3/c1-11-13(8-7-12-5-3-2-4-6-12)9-14(10-15(11)19)25-17-16(18(23)24)20-22-21-17/h9-10,12H,2-6H2,1H3,(H,23,24)(H,20,21,22). The van der Waals surface area contributed by atoms with Crippen LogP contribution in [0.15, 0.2) is 12.1 Å². The van der Waals surface area contributed by atoms with E-state index in [1.807, 2.05) is 0 Å². The van der Waals surface area contributed by atoms with Crippen LogP contribution in [0, 0.1) is 30.5 Å². The number of benzene rings is 1. The molecule has 1 heterocycles. The number of aromatic amines is 1. The number of aromatic nitrogens is 3. The summed E-state index contributed by atoms with van der Waals surface area (Å²) in [5, 5.41) is 18.2. The van der Waals surface area contributed by atoms with Crippen LogP contribution in [-0.4, -0.2) is 26.5 Å². The topological polar surface area (TPSA) is 88.1 Å². The third-order valence-electron chi connectivity index (χ3n) is 4.28. The molecule has 1 aliphatic carbocycles. The van der Waals surface area contributed by atoms with E-state index in [2.05, 4.69) is 27.3 Å². The van der Waals surface area contributed by atoms with Crippen molar-refractivity contribution in [1.29, 1.82) is 0 Å². The molecule has 0 amide bonds. The van der Waals surface area contributed by atoms with Crippen LogP contribution < -0.4 is 4.74 Å². The highest BCUT2D eigenvalue weighted by Crippen LogP contribution is 2.27. The highest BCUT2D eigenvalue weighted by atomic mass is 19.1. The Labute approximate surface area is 144 Å². The van der Waals surface area contributed by atoms with E-state index in [9.17, 15) is 9.18 Å². The Hall–Kier alpha value is -2.88. The minimum Gasteiger partial charge on any atom is -0.476 e. The maximum absolute atomic E-state index is 14.2. The average molecular weight is 343 g/mol. The number of H-pyrrole nitrogens is 1. The molecule has 1 fully saturated rings. The molecule has 2 aromatic rings. The third kappa shape index (κ3) is 3.97. The number of carbonyl (C=O) groups is 1. The first kappa shape index (κ1) is 17.0. The molecule has 1 saturated carbocycles. The second-order valence-electron chi connectivity index (χ2n) is 6.08. The molecular weight excluding hydrogens is 325 g/mol. The molecule has 0 atom stereocenters. The quantitative estimate of drug-likeness (QED) is 0.830.